The van der Waals surface area contributed by atoms with Gasteiger partial charge in [-0.25, -0.2) is 9.97 Å². The second-order valence-corrected chi connectivity index (χ2v) is 6.92. The van der Waals surface area contributed by atoms with Crippen LogP contribution >= 0.6 is 0 Å². The summed E-state index contributed by atoms with van der Waals surface area (Å²) in [6.07, 6.45) is 12.7. The van der Waals surface area contributed by atoms with Crippen LogP contribution in [-0.2, 0) is 6.54 Å². The predicted octanol–water partition coefficient (Wildman–Crippen LogP) is 3.69. The van der Waals surface area contributed by atoms with Gasteiger partial charge in [-0.05, 0) is 37.3 Å². The van der Waals surface area contributed by atoms with E-state index in [1.807, 2.05) is 25.3 Å². The quantitative estimate of drug-likeness (QED) is 0.718. The highest BCUT2D eigenvalue weighted by molar-refractivity contribution is 5.93. The number of aromatic nitrogens is 4. The lowest BCUT2D eigenvalue weighted by molar-refractivity contribution is 0.462. The minimum Gasteiger partial charge on any atom is -0.367 e. The van der Waals surface area contributed by atoms with Gasteiger partial charge in [0.25, 0.3) is 5.56 Å². The minimum absolute atomic E-state index is 0.00753. The zero-order valence-corrected chi connectivity index (χ0v) is 15.5. The van der Waals surface area contributed by atoms with Gasteiger partial charge in [0.15, 0.2) is 0 Å². The van der Waals surface area contributed by atoms with Gasteiger partial charge >= 0.3 is 0 Å². The molecule has 4 rings (SSSR count). The zero-order valence-electron chi connectivity index (χ0n) is 15.5. The fraction of sp³-hybridized carbons (Fsp3) is 0.400. The van der Waals surface area contributed by atoms with E-state index in [1.54, 1.807) is 23.2 Å². The minimum atomic E-state index is -0.00753. The maximum atomic E-state index is 12.9. The Morgan fingerprint density at radius 2 is 2.04 bits per heavy atom. The van der Waals surface area contributed by atoms with Crippen LogP contribution in [0.15, 0.2) is 41.7 Å². The fourth-order valence-corrected chi connectivity index (χ4v) is 3.66. The normalized spacial score (nSPS) is 15.0. The van der Waals surface area contributed by atoms with Crippen molar-refractivity contribution in [1.29, 1.82) is 0 Å². The molecule has 140 valence electrons. The third kappa shape index (κ3) is 3.77. The number of hydrogen-bond acceptors (Lipinski definition) is 6. The molecule has 2 N–H and O–H groups in total. The smallest absolute Gasteiger partial charge is 0.262 e. The Labute approximate surface area is 157 Å². The second-order valence-electron chi connectivity index (χ2n) is 6.92. The summed E-state index contributed by atoms with van der Waals surface area (Å²) < 4.78 is 1.71. The Kier molecular flexibility index (Phi) is 5.00. The summed E-state index contributed by atoms with van der Waals surface area (Å²) in [4.78, 5) is 26.0. The Balaban J connectivity index is 1.78. The first kappa shape index (κ1) is 17.5. The number of rotatable bonds is 5. The predicted molar refractivity (Wildman–Crippen MR) is 107 cm³/mol. The average Bonchev–Trinajstić information content (AvgIpc) is 2.70. The maximum Gasteiger partial charge on any atom is 0.262 e. The van der Waals surface area contributed by atoms with E-state index < -0.39 is 0 Å². The lowest BCUT2D eigenvalue weighted by atomic mass is 9.95. The van der Waals surface area contributed by atoms with Gasteiger partial charge in [0.05, 0.1) is 11.6 Å². The summed E-state index contributed by atoms with van der Waals surface area (Å²) in [6.45, 7) is 2.61. The molecule has 3 aromatic heterocycles. The van der Waals surface area contributed by atoms with E-state index in [2.05, 4.69) is 20.6 Å². The number of nitrogens with zero attached hydrogens (tertiary/aromatic N) is 4. The molecule has 0 atom stereocenters. The Hall–Kier alpha value is -2.96. The van der Waals surface area contributed by atoms with Crippen LogP contribution in [0.1, 0.15) is 39.0 Å². The van der Waals surface area contributed by atoms with Crippen LogP contribution < -0.4 is 16.2 Å². The van der Waals surface area contributed by atoms with E-state index in [4.69, 9.17) is 4.98 Å². The molecule has 27 heavy (non-hydrogen) atoms. The summed E-state index contributed by atoms with van der Waals surface area (Å²) >= 11 is 0. The van der Waals surface area contributed by atoms with Crippen molar-refractivity contribution in [2.75, 3.05) is 10.6 Å². The molecule has 1 aliphatic carbocycles. The molecule has 7 nitrogen and oxygen atoms in total. The van der Waals surface area contributed by atoms with Crippen molar-refractivity contribution in [1.82, 2.24) is 19.5 Å². The summed E-state index contributed by atoms with van der Waals surface area (Å²) in [5.74, 6) is 1.92. The zero-order chi connectivity index (χ0) is 18.6. The molecular formula is C20H24N6O. The van der Waals surface area contributed by atoms with Crippen molar-refractivity contribution in [3.8, 4) is 0 Å². The van der Waals surface area contributed by atoms with Crippen molar-refractivity contribution in [3.63, 3.8) is 0 Å². The van der Waals surface area contributed by atoms with Crippen LogP contribution in [-0.4, -0.2) is 25.6 Å². The first-order valence-electron chi connectivity index (χ1n) is 9.58. The molecule has 3 aromatic rings. The number of nitrogens with one attached hydrogen (secondary N) is 2. The molecule has 0 saturated heterocycles. The van der Waals surface area contributed by atoms with Gasteiger partial charge in [-0.1, -0.05) is 19.3 Å². The third-order valence-electron chi connectivity index (χ3n) is 5.06. The lowest BCUT2D eigenvalue weighted by Gasteiger charge is -2.24. The van der Waals surface area contributed by atoms with Crippen LogP contribution in [0.4, 0.5) is 17.5 Å². The monoisotopic (exact) mass is 364 g/mol. The number of aryl methyl sites for hydroxylation is 1. The van der Waals surface area contributed by atoms with Crippen LogP contribution in [0, 0.1) is 0 Å². The van der Waals surface area contributed by atoms with Crippen LogP contribution in [0.3, 0.4) is 0 Å². The third-order valence-corrected chi connectivity index (χ3v) is 5.06. The highest BCUT2D eigenvalue weighted by atomic mass is 16.1. The van der Waals surface area contributed by atoms with Crippen LogP contribution in [0.2, 0.25) is 0 Å². The summed E-state index contributed by atoms with van der Waals surface area (Å²) in [5.41, 5.74) is -0.00753. The lowest BCUT2D eigenvalue weighted by Crippen LogP contribution is -2.26. The van der Waals surface area contributed by atoms with Crippen molar-refractivity contribution < 1.29 is 0 Å². The van der Waals surface area contributed by atoms with Crippen molar-refractivity contribution >= 4 is 28.2 Å². The van der Waals surface area contributed by atoms with Gasteiger partial charge in [-0.3, -0.25) is 9.78 Å². The Morgan fingerprint density at radius 1 is 1.19 bits per heavy atom. The molecule has 0 aromatic carbocycles. The van der Waals surface area contributed by atoms with E-state index in [0.717, 1.165) is 18.2 Å². The van der Waals surface area contributed by atoms with Gasteiger partial charge < -0.3 is 15.2 Å². The molecule has 0 amide bonds. The fourth-order valence-electron chi connectivity index (χ4n) is 3.66. The topological polar surface area (TPSA) is 84.7 Å². The van der Waals surface area contributed by atoms with E-state index in [0.29, 0.717) is 35.4 Å². The first-order valence-corrected chi connectivity index (χ1v) is 9.58. The number of anilines is 3. The van der Waals surface area contributed by atoms with Crippen LogP contribution in [0.5, 0.6) is 0 Å². The van der Waals surface area contributed by atoms with E-state index in [1.165, 1.54) is 19.3 Å². The van der Waals surface area contributed by atoms with Crippen molar-refractivity contribution in [2.24, 2.45) is 0 Å². The molecule has 0 aliphatic heterocycles. The van der Waals surface area contributed by atoms with Crippen molar-refractivity contribution in [3.05, 3.63) is 47.3 Å². The number of fused-ring (bicyclic) bond motifs is 1. The van der Waals surface area contributed by atoms with Gasteiger partial charge in [-0.2, -0.15) is 0 Å². The highest BCUT2D eigenvalue weighted by Gasteiger charge is 2.18. The average molecular weight is 364 g/mol. The van der Waals surface area contributed by atoms with Crippen molar-refractivity contribution in [2.45, 2.75) is 51.6 Å². The number of hydrogen-bond donors (Lipinski definition) is 2. The maximum absolute atomic E-state index is 12.9. The molecule has 0 bridgehead atoms. The summed E-state index contributed by atoms with van der Waals surface area (Å²) in [6, 6.07) is 4.21. The molecule has 0 radical (unpaired) electrons. The largest absolute Gasteiger partial charge is 0.367 e. The molecule has 1 fully saturated rings. The molecule has 1 aliphatic rings. The summed E-state index contributed by atoms with van der Waals surface area (Å²) in [5, 5.41) is 8.24. The Morgan fingerprint density at radius 3 is 2.78 bits per heavy atom. The second kappa shape index (κ2) is 7.73. The number of pyridine rings is 2. The Bertz CT molecular complexity index is 979. The molecule has 0 spiro atoms. The van der Waals surface area contributed by atoms with Gasteiger partial charge in [0.1, 0.15) is 17.5 Å². The molecular weight excluding hydrogens is 340 g/mol. The molecule has 0 unspecified atom stereocenters. The summed E-state index contributed by atoms with van der Waals surface area (Å²) in [7, 11) is 0. The molecule has 1 saturated carbocycles. The van der Waals surface area contributed by atoms with Crippen LogP contribution in [0.25, 0.3) is 10.8 Å². The van der Waals surface area contributed by atoms with Gasteiger partial charge in [0, 0.05) is 31.2 Å². The molecule has 3 heterocycles. The first-order chi connectivity index (χ1) is 13.2. The standard InChI is InChI=1S/C20H24N6O/c1-2-26-11-8-14-12-16(24-17-13-21-9-10-22-17)25-19(18(14)20(26)27)23-15-6-4-3-5-7-15/h8-13,15H,2-7H2,1H3,(H2,22,23,24,25). The van der Waals surface area contributed by atoms with E-state index in [-0.39, 0.29) is 5.56 Å². The van der Waals surface area contributed by atoms with Gasteiger partial charge in [-0.15, -0.1) is 0 Å². The highest BCUT2D eigenvalue weighted by Crippen LogP contribution is 2.27. The molecule has 7 heteroatoms. The van der Waals surface area contributed by atoms with E-state index >= 15 is 0 Å². The van der Waals surface area contributed by atoms with Gasteiger partial charge in [0.2, 0.25) is 0 Å². The SMILES string of the molecule is CCn1ccc2cc(Nc3cnccn3)nc(NC3CCCCC3)c2c1=O. The van der Waals surface area contributed by atoms with E-state index in [9.17, 15) is 4.79 Å².